The lowest BCUT2D eigenvalue weighted by atomic mass is 9.96. The van der Waals surface area contributed by atoms with Crippen molar-refractivity contribution in [2.24, 2.45) is 11.7 Å². The van der Waals surface area contributed by atoms with Crippen LogP contribution in [-0.4, -0.2) is 24.5 Å². The van der Waals surface area contributed by atoms with Crippen molar-refractivity contribution in [2.45, 2.75) is 58.4 Å². The Labute approximate surface area is 128 Å². The summed E-state index contributed by atoms with van der Waals surface area (Å²) in [7, 11) is 0. The van der Waals surface area contributed by atoms with Gasteiger partial charge < -0.3 is 5.73 Å². The van der Waals surface area contributed by atoms with Gasteiger partial charge in [-0.15, -0.1) is 11.3 Å². The third kappa shape index (κ3) is 4.06. The second kappa shape index (κ2) is 8.16. The standard InChI is InChI=1S/C17H30N2S/c1-3-6-14-7-5-11-19(12-10-14)16(13-18)17-9-8-15(4-2)20-17/h8-9,14,16H,3-7,10-13,18H2,1-2H3. The Bertz CT molecular complexity index is 388. The molecule has 20 heavy (non-hydrogen) atoms. The topological polar surface area (TPSA) is 29.3 Å². The molecule has 2 heterocycles. The predicted octanol–water partition coefficient (Wildman–Crippen LogP) is 4.21. The maximum atomic E-state index is 6.10. The monoisotopic (exact) mass is 294 g/mol. The zero-order valence-corrected chi connectivity index (χ0v) is 13.9. The number of aryl methyl sites for hydroxylation is 1. The van der Waals surface area contributed by atoms with Crippen LogP contribution in [0.3, 0.4) is 0 Å². The normalized spacial score (nSPS) is 22.6. The van der Waals surface area contributed by atoms with Crippen LogP contribution in [0.15, 0.2) is 12.1 Å². The molecule has 0 aliphatic carbocycles. The van der Waals surface area contributed by atoms with Gasteiger partial charge in [0.25, 0.3) is 0 Å². The Hall–Kier alpha value is -0.380. The zero-order chi connectivity index (χ0) is 14.4. The number of hydrogen-bond donors (Lipinski definition) is 1. The van der Waals surface area contributed by atoms with E-state index in [4.69, 9.17) is 5.73 Å². The molecule has 3 heteroatoms. The molecule has 0 bridgehead atoms. The predicted molar refractivity (Wildman–Crippen MR) is 89.3 cm³/mol. The Morgan fingerprint density at radius 2 is 2.15 bits per heavy atom. The molecule has 0 spiro atoms. The van der Waals surface area contributed by atoms with Gasteiger partial charge in [0.15, 0.2) is 0 Å². The van der Waals surface area contributed by atoms with Crippen molar-refractivity contribution < 1.29 is 0 Å². The summed E-state index contributed by atoms with van der Waals surface area (Å²) in [6.45, 7) is 7.74. The van der Waals surface area contributed by atoms with Gasteiger partial charge in [-0.25, -0.2) is 0 Å². The number of likely N-dealkylation sites (tertiary alicyclic amines) is 1. The summed E-state index contributed by atoms with van der Waals surface area (Å²) in [5.41, 5.74) is 6.10. The molecule has 0 saturated carbocycles. The summed E-state index contributed by atoms with van der Waals surface area (Å²) >= 11 is 1.96. The molecule has 2 nitrogen and oxygen atoms in total. The molecule has 114 valence electrons. The van der Waals surface area contributed by atoms with E-state index in [-0.39, 0.29) is 0 Å². The van der Waals surface area contributed by atoms with Crippen LogP contribution in [0.25, 0.3) is 0 Å². The molecule has 2 N–H and O–H groups in total. The molecule has 1 aromatic heterocycles. The van der Waals surface area contributed by atoms with Crippen LogP contribution in [0.4, 0.5) is 0 Å². The van der Waals surface area contributed by atoms with Crippen LogP contribution < -0.4 is 5.73 Å². The highest BCUT2D eigenvalue weighted by Gasteiger charge is 2.24. The molecule has 0 radical (unpaired) electrons. The number of hydrogen-bond acceptors (Lipinski definition) is 3. The van der Waals surface area contributed by atoms with Crippen LogP contribution >= 0.6 is 11.3 Å². The van der Waals surface area contributed by atoms with Crippen molar-refractivity contribution in [3.63, 3.8) is 0 Å². The summed E-state index contributed by atoms with van der Waals surface area (Å²) < 4.78 is 0. The van der Waals surface area contributed by atoms with Crippen LogP contribution in [-0.2, 0) is 6.42 Å². The van der Waals surface area contributed by atoms with Gasteiger partial charge in [0.1, 0.15) is 0 Å². The molecule has 1 fully saturated rings. The van der Waals surface area contributed by atoms with Crippen LogP contribution in [0, 0.1) is 5.92 Å². The van der Waals surface area contributed by atoms with E-state index < -0.39 is 0 Å². The van der Waals surface area contributed by atoms with E-state index in [1.807, 2.05) is 11.3 Å². The minimum Gasteiger partial charge on any atom is -0.329 e. The van der Waals surface area contributed by atoms with E-state index in [0.717, 1.165) is 18.9 Å². The van der Waals surface area contributed by atoms with Gasteiger partial charge in [-0.2, -0.15) is 0 Å². The minimum atomic E-state index is 0.445. The Morgan fingerprint density at radius 3 is 2.80 bits per heavy atom. The number of rotatable bonds is 6. The SMILES string of the molecule is CCCC1CCCN(C(CN)c2ccc(CC)s2)CC1. The first-order valence-electron chi connectivity index (χ1n) is 8.31. The Kier molecular flexibility index (Phi) is 6.53. The van der Waals surface area contributed by atoms with E-state index in [1.165, 1.54) is 54.9 Å². The summed E-state index contributed by atoms with van der Waals surface area (Å²) in [6.07, 6.45) is 7.98. The van der Waals surface area contributed by atoms with Crippen molar-refractivity contribution in [3.05, 3.63) is 21.9 Å². The van der Waals surface area contributed by atoms with E-state index in [1.54, 1.807) is 0 Å². The van der Waals surface area contributed by atoms with Gasteiger partial charge in [-0.05, 0) is 56.8 Å². The lowest BCUT2D eigenvalue weighted by molar-refractivity contribution is 0.209. The van der Waals surface area contributed by atoms with Crippen molar-refractivity contribution in [1.29, 1.82) is 0 Å². The van der Waals surface area contributed by atoms with Gasteiger partial charge in [-0.3, -0.25) is 4.90 Å². The summed E-state index contributed by atoms with van der Waals surface area (Å²) in [5, 5.41) is 0. The van der Waals surface area contributed by atoms with Crippen molar-refractivity contribution in [3.8, 4) is 0 Å². The van der Waals surface area contributed by atoms with Crippen molar-refractivity contribution in [2.75, 3.05) is 19.6 Å². The fraction of sp³-hybridized carbons (Fsp3) is 0.765. The molecular weight excluding hydrogens is 264 g/mol. The number of thiophene rings is 1. The van der Waals surface area contributed by atoms with Gasteiger partial charge in [-0.1, -0.05) is 26.7 Å². The van der Waals surface area contributed by atoms with Gasteiger partial charge in [0.2, 0.25) is 0 Å². The molecular formula is C17H30N2S. The van der Waals surface area contributed by atoms with E-state index in [0.29, 0.717) is 6.04 Å². The molecule has 1 saturated heterocycles. The van der Waals surface area contributed by atoms with Crippen LogP contribution in [0.5, 0.6) is 0 Å². The first kappa shape index (κ1) is 16.0. The molecule has 1 aliphatic heterocycles. The van der Waals surface area contributed by atoms with Crippen molar-refractivity contribution in [1.82, 2.24) is 4.90 Å². The first-order valence-corrected chi connectivity index (χ1v) is 9.12. The zero-order valence-electron chi connectivity index (χ0n) is 13.1. The third-order valence-corrected chi connectivity index (χ3v) is 5.93. The maximum absolute atomic E-state index is 6.10. The van der Waals surface area contributed by atoms with Gasteiger partial charge in [0.05, 0.1) is 6.04 Å². The van der Waals surface area contributed by atoms with Crippen molar-refractivity contribution >= 4 is 11.3 Å². The smallest absolute Gasteiger partial charge is 0.0564 e. The molecule has 2 unspecified atom stereocenters. The lowest BCUT2D eigenvalue weighted by Crippen LogP contribution is -2.34. The lowest BCUT2D eigenvalue weighted by Gasteiger charge is -2.29. The van der Waals surface area contributed by atoms with E-state index in [2.05, 4.69) is 30.9 Å². The number of nitrogens with zero attached hydrogens (tertiary/aromatic N) is 1. The average molecular weight is 295 g/mol. The van der Waals surface area contributed by atoms with Gasteiger partial charge in [0, 0.05) is 16.3 Å². The summed E-state index contributed by atoms with van der Waals surface area (Å²) in [4.78, 5) is 5.59. The maximum Gasteiger partial charge on any atom is 0.0564 e. The second-order valence-corrected chi connectivity index (χ2v) is 7.23. The first-order chi connectivity index (χ1) is 9.78. The average Bonchev–Trinajstić information content (AvgIpc) is 2.82. The molecule has 0 amide bonds. The van der Waals surface area contributed by atoms with E-state index >= 15 is 0 Å². The van der Waals surface area contributed by atoms with E-state index in [9.17, 15) is 0 Å². The molecule has 2 atom stereocenters. The number of nitrogens with two attached hydrogens (primary N) is 1. The molecule has 0 aromatic carbocycles. The molecule has 2 rings (SSSR count). The fourth-order valence-corrected chi connectivity index (χ4v) is 4.51. The van der Waals surface area contributed by atoms with Crippen LogP contribution in [0.2, 0.25) is 0 Å². The summed E-state index contributed by atoms with van der Waals surface area (Å²) in [6, 6.07) is 5.02. The minimum absolute atomic E-state index is 0.445. The second-order valence-electron chi connectivity index (χ2n) is 6.03. The molecule has 1 aliphatic rings. The fourth-order valence-electron chi connectivity index (χ4n) is 3.40. The van der Waals surface area contributed by atoms with Gasteiger partial charge >= 0.3 is 0 Å². The summed E-state index contributed by atoms with van der Waals surface area (Å²) in [5.74, 6) is 0.943. The quantitative estimate of drug-likeness (QED) is 0.851. The highest BCUT2D eigenvalue weighted by molar-refractivity contribution is 7.12. The highest BCUT2D eigenvalue weighted by Crippen LogP contribution is 2.31. The molecule has 1 aromatic rings. The Balaban J connectivity index is 2.00. The highest BCUT2D eigenvalue weighted by atomic mass is 32.1. The Morgan fingerprint density at radius 1 is 1.30 bits per heavy atom. The van der Waals surface area contributed by atoms with Crippen LogP contribution in [0.1, 0.15) is 61.7 Å². The third-order valence-electron chi connectivity index (χ3n) is 4.60. The largest absolute Gasteiger partial charge is 0.329 e.